The summed E-state index contributed by atoms with van der Waals surface area (Å²) in [4.78, 5) is 12.2. The summed E-state index contributed by atoms with van der Waals surface area (Å²) in [7, 11) is 1.66. The van der Waals surface area contributed by atoms with Crippen molar-refractivity contribution >= 4 is 11.0 Å². The van der Waals surface area contributed by atoms with Crippen molar-refractivity contribution in [2.24, 2.45) is 0 Å². The first-order chi connectivity index (χ1) is 14.0. The normalized spacial score (nSPS) is 14.3. The van der Waals surface area contributed by atoms with Crippen molar-refractivity contribution in [3.05, 3.63) is 56.7 Å². The van der Waals surface area contributed by atoms with E-state index in [2.05, 4.69) is 22.4 Å². The highest BCUT2D eigenvalue weighted by atomic mass is 16.5. The van der Waals surface area contributed by atoms with Gasteiger partial charge in [-0.05, 0) is 62.4 Å². The monoisotopic (exact) mass is 397 g/mol. The summed E-state index contributed by atoms with van der Waals surface area (Å²) >= 11 is 0. The van der Waals surface area contributed by atoms with Gasteiger partial charge in [-0.2, -0.15) is 5.10 Å². The number of H-pyrrole nitrogens is 1. The third-order valence-electron chi connectivity index (χ3n) is 5.28. The van der Waals surface area contributed by atoms with Crippen molar-refractivity contribution in [2.45, 2.75) is 52.3 Å². The molecule has 0 radical (unpaired) electrons. The number of hydrogen-bond acceptors (Lipinski definition) is 6. The number of aromatic nitrogens is 2. The van der Waals surface area contributed by atoms with Crippen LogP contribution in [0.1, 0.15) is 41.4 Å². The number of aryl methyl sites for hydroxylation is 2. The first-order valence-corrected chi connectivity index (χ1v) is 10.0. The molecule has 2 heterocycles. The van der Waals surface area contributed by atoms with Crippen molar-refractivity contribution in [1.82, 2.24) is 15.5 Å². The number of fused-ring (bicyclic) bond motifs is 3. The Bertz CT molecular complexity index is 1070. The minimum atomic E-state index is -0.205. The zero-order valence-electron chi connectivity index (χ0n) is 17.1. The summed E-state index contributed by atoms with van der Waals surface area (Å²) in [5.74, 6) is 0.790. The smallest absolute Gasteiger partial charge is 0.339 e. The van der Waals surface area contributed by atoms with E-state index < -0.39 is 0 Å². The summed E-state index contributed by atoms with van der Waals surface area (Å²) in [6.07, 6.45) is 2.67. The highest BCUT2D eigenvalue weighted by Crippen LogP contribution is 2.35. The van der Waals surface area contributed by atoms with Crippen molar-refractivity contribution < 1.29 is 13.9 Å². The molecule has 0 saturated heterocycles. The maximum atomic E-state index is 12.2. The van der Waals surface area contributed by atoms with E-state index in [4.69, 9.17) is 13.9 Å². The van der Waals surface area contributed by atoms with E-state index in [0.29, 0.717) is 25.3 Å². The minimum Gasteiger partial charge on any atom is -0.491 e. The van der Waals surface area contributed by atoms with Gasteiger partial charge in [0.1, 0.15) is 17.9 Å². The Morgan fingerprint density at radius 3 is 2.93 bits per heavy atom. The summed E-state index contributed by atoms with van der Waals surface area (Å²) in [6, 6.07) is 6.05. The summed E-state index contributed by atoms with van der Waals surface area (Å²) < 4.78 is 16.9. The molecule has 1 aliphatic carbocycles. The lowest BCUT2D eigenvalue weighted by Crippen LogP contribution is -2.31. The Hall–Kier alpha value is -2.64. The second-order valence-corrected chi connectivity index (χ2v) is 7.75. The zero-order valence-corrected chi connectivity index (χ0v) is 17.1. The van der Waals surface area contributed by atoms with Gasteiger partial charge in [-0.25, -0.2) is 4.79 Å². The number of aromatic amines is 1. The van der Waals surface area contributed by atoms with Crippen LogP contribution in [0, 0.1) is 6.92 Å². The van der Waals surface area contributed by atoms with Crippen molar-refractivity contribution in [3.8, 4) is 5.75 Å². The van der Waals surface area contributed by atoms with Gasteiger partial charge in [-0.1, -0.05) is 0 Å². The predicted molar refractivity (Wildman–Crippen MR) is 110 cm³/mol. The summed E-state index contributed by atoms with van der Waals surface area (Å²) in [5.41, 5.74) is 5.21. The van der Waals surface area contributed by atoms with Crippen LogP contribution in [0.2, 0.25) is 0 Å². The number of nitrogens with one attached hydrogen (secondary N) is 2. The fraction of sp³-hybridized carbons (Fsp3) is 0.455. The average molecular weight is 397 g/mol. The number of rotatable bonds is 8. The van der Waals surface area contributed by atoms with Crippen LogP contribution in [0.4, 0.5) is 0 Å². The van der Waals surface area contributed by atoms with Crippen molar-refractivity contribution in [2.75, 3.05) is 13.7 Å². The number of hydrogen-bond donors (Lipinski definition) is 2. The maximum Gasteiger partial charge on any atom is 0.339 e. The molecular formula is C22H27N3O4. The van der Waals surface area contributed by atoms with Gasteiger partial charge in [0.2, 0.25) is 0 Å². The molecule has 154 valence electrons. The second-order valence-electron chi connectivity index (χ2n) is 7.75. The van der Waals surface area contributed by atoms with E-state index in [9.17, 15) is 4.79 Å². The lowest BCUT2D eigenvalue weighted by Gasteiger charge is -2.17. The molecule has 0 bridgehead atoms. The third kappa shape index (κ3) is 4.21. The lowest BCUT2D eigenvalue weighted by molar-refractivity contribution is 0.181. The molecule has 0 amide bonds. The predicted octanol–water partition coefficient (Wildman–Crippen LogP) is 3.02. The van der Waals surface area contributed by atoms with Crippen LogP contribution in [0.5, 0.6) is 5.75 Å². The van der Waals surface area contributed by atoms with E-state index >= 15 is 0 Å². The van der Waals surface area contributed by atoms with Gasteiger partial charge in [0.15, 0.2) is 0 Å². The SMILES string of the molecule is COCc1cc(CNC(C)COc2cc(C)cc3oc(=O)c4c(c23)CCC4)n[nH]1. The van der Waals surface area contributed by atoms with Crippen LogP contribution < -0.4 is 15.7 Å². The molecule has 1 aromatic carbocycles. The van der Waals surface area contributed by atoms with Crippen molar-refractivity contribution in [1.29, 1.82) is 0 Å². The number of methoxy groups -OCH3 is 1. The van der Waals surface area contributed by atoms with E-state index in [0.717, 1.165) is 58.5 Å². The largest absolute Gasteiger partial charge is 0.491 e. The molecular weight excluding hydrogens is 370 g/mol. The van der Waals surface area contributed by atoms with Crippen LogP contribution in [-0.4, -0.2) is 30.0 Å². The first-order valence-electron chi connectivity index (χ1n) is 10.0. The number of benzene rings is 1. The van der Waals surface area contributed by atoms with Gasteiger partial charge in [0.25, 0.3) is 0 Å². The third-order valence-corrected chi connectivity index (χ3v) is 5.28. The van der Waals surface area contributed by atoms with E-state index in [-0.39, 0.29) is 11.7 Å². The fourth-order valence-electron chi connectivity index (χ4n) is 3.90. The Morgan fingerprint density at radius 1 is 1.28 bits per heavy atom. The molecule has 3 aromatic rings. The van der Waals surface area contributed by atoms with Crippen LogP contribution in [0.3, 0.4) is 0 Å². The number of ether oxygens (including phenoxy) is 2. The molecule has 2 aromatic heterocycles. The molecule has 1 unspecified atom stereocenters. The van der Waals surface area contributed by atoms with Gasteiger partial charge < -0.3 is 19.2 Å². The van der Waals surface area contributed by atoms with Gasteiger partial charge in [-0.15, -0.1) is 0 Å². The quantitative estimate of drug-likeness (QED) is 0.568. The van der Waals surface area contributed by atoms with E-state index in [1.807, 2.05) is 25.1 Å². The highest BCUT2D eigenvalue weighted by Gasteiger charge is 2.22. The van der Waals surface area contributed by atoms with Crippen LogP contribution >= 0.6 is 0 Å². The fourth-order valence-corrected chi connectivity index (χ4v) is 3.90. The van der Waals surface area contributed by atoms with E-state index in [1.165, 1.54) is 0 Å². The molecule has 0 saturated carbocycles. The second kappa shape index (κ2) is 8.39. The molecule has 2 N–H and O–H groups in total. The molecule has 29 heavy (non-hydrogen) atoms. The first kappa shape index (κ1) is 19.7. The standard InChI is InChI=1S/C22H27N3O4/c1-13-7-19(21-17-5-4-6-18(17)22(26)29-20(21)8-13)28-11-14(2)23-10-15-9-16(12-27-3)25-24-15/h7-9,14,23H,4-6,10-12H2,1-3H3,(H,24,25). The molecule has 0 aliphatic heterocycles. The van der Waals surface area contributed by atoms with Gasteiger partial charge in [0.05, 0.1) is 23.4 Å². The molecule has 0 spiro atoms. The molecule has 7 heteroatoms. The van der Waals surface area contributed by atoms with Crippen LogP contribution in [-0.2, 0) is 30.7 Å². The molecule has 1 aliphatic rings. The number of nitrogens with zero attached hydrogens (tertiary/aromatic N) is 1. The van der Waals surface area contributed by atoms with Crippen molar-refractivity contribution in [3.63, 3.8) is 0 Å². The Labute approximate surface area is 169 Å². The minimum absolute atomic E-state index is 0.122. The Balaban J connectivity index is 1.46. The maximum absolute atomic E-state index is 12.2. The Kier molecular flexibility index (Phi) is 5.69. The zero-order chi connectivity index (χ0) is 20.4. The van der Waals surface area contributed by atoms with E-state index in [1.54, 1.807) is 7.11 Å². The van der Waals surface area contributed by atoms with Crippen LogP contribution in [0.15, 0.2) is 27.4 Å². The van der Waals surface area contributed by atoms with Gasteiger partial charge in [0, 0.05) is 25.3 Å². The molecule has 4 rings (SSSR count). The summed E-state index contributed by atoms with van der Waals surface area (Å²) in [6.45, 7) is 5.72. The van der Waals surface area contributed by atoms with Gasteiger partial charge in [-0.3, -0.25) is 5.10 Å². The highest BCUT2D eigenvalue weighted by molar-refractivity contribution is 5.88. The average Bonchev–Trinajstić information content (AvgIpc) is 3.34. The van der Waals surface area contributed by atoms with Gasteiger partial charge >= 0.3 is 5.63 Å². The lowest BCUT2D eigenvalue weighted by atomic mass is 10.0. The Morgan fingerprint density at radius 2 is 2.10 bits per heavy atom. The molecule has 7 nitrogen and oxygen atoms in total. The molecule has 1 atom stereocenters. The van der Waals surface area contributed by atoms with Crippen LogP contribution in [0.25, 0.3) is 11.0 Å². The molecule has 0 fully saturated rings. The summed E-state index contributed by atoms with van der Waals surface area (Å²) in [5, 5.41) is 11.6. The topological polar surface area (TPSA) is 89.4 Å².